The highest BCUT2D eigenvalue weighted by Gasteiger charge is 2.35. The summed E-state index contributed by atoms with van der Waals surface area (Å²) in [7, 11) is 0. The van der Waals surface area contributed by atoms with Crippen LogP contribution in [0.15, 0.2) is 93.9 Å². The van der Waals surface area contributed by atoms with Crippen LogP contribution in [0.4, 0.5) is 4.39 Å². The molecular formula is C34H29ClFN3O3S. The molecule has 1 aliphatic rings. The van der Waals surface area contributed by atoms with E-state index in [-0.39, 0.29) is 23.1 Å². The lowest BCUT2D eigenvalue weighted by atomic mass is 9.96. The molecule has 0 bridgehead atoms. The van der Waals surface area contributed by atoms with E-state index >= 15 is 0 Å². The van der Waals surface area contributed by atoms with Crippen molar-refractivity contribution in [2.45, 2.75) is 46.4 Å². The highest BCUT2D eigenvalue weighted by molar-refractivity contribution is 7.07. The van der Waals surface area contributed by atoms with E-state index in [1.807, 2.05) is 55.5 Å². The summed E-state index contributed by atoms with van der Waals surface area (Å²) >= 11 is 7.92. The summed E-state index contributed by atoms with van der Waals surface area (Å²) in [5.74, 6) is -0.810. The van der Waals surface area contributed by atoms with E-state index in [0.717, 1.165) is 27.7 Å². The maximum absolute atomic E-state index is 14.2. The first kappa shape index (κ1) is 28.8. The maximum atomic E-state index is 14.2. The number of nitrogens with zero attached hydrogens (tertiary/aromatic N) is 3. The third-order valence-electron chi connectivity index (χ3n) is 7.59. The van der Waals surface area contributed by atoms with E-state index in [4.69, 9.17) is 21.3 Å². The number of carbonyl (C=O) groups is 1. The van der Waals surface area contributed by atoms with Gasteiger partial charge in [-0.2, -0.15) is 0 Å². The molecule has 2 aromatic heterocycles. The van der Waals surface area contributed by atoms with Gasteiger partial charge in [-0.1, -0.05) is 71.5 Å². The van der Waals surface area contributed by atoms with E-state index in [1.54, 1.807) is 43.5 Å². The monoisotopic (exact) mass is 613 g/mol. The van der Waals surface area contributed by atoms with E-state index in [0.29, 0.717) is 32.2 Å². The van der Waals surface area contributed by atoms with Crippen molar-refractivity contribution >= 4 is 45.9 Å². The lowest BCUT2D eigenvalue weighted by Crippen LogP contribution is -2.40. The number of allylic oxidation sites excluding steroid dienone is 1. The topological polar surface area (TPSA) is 65.6 Å². The van der Waals surface area contributed by atoms with Crippen molar-refractivity contribution in [3.63, 3.8) is 0 Å². The lowest BCUT2D eigenvalue weighted by molar-refractivity contribution is -0.143. The standard InChI is InChI=1S/C34H29ClFN3O3S/c1-19(2)42-33(41)30-20(3)37-34-39(31(30)25-10-5-7-11-27(25)35)32(40)29(43-34)17-26-21(4)38(28-12-8-6-9-24(26)28)18-22-13-15-23(36)16-14-22/h5-17,19,31H,18H2,1-4H3. The van der Waals surface area contributed by atoms with Crippen molar-refractivity contribution in [2.24, 2.45) is 4.99 Å². The van der Waals surface area contributed by atoms with Gasteiger partial charge in [0.2, 0.25) is 0 Å². The van der Waals surface area contributed by atoms with E-state index in [1.165, 1.54) is 23.5 Å². The van der Waals surface area contributed by atoms with Crippen LogP contribution in [-0.2, 0) is 16.1 Å². The highest BCUT2D eigenvalue weighted by atomic mass is 35.5. The summed E-state index contributed by atoms with van der Waals surface area (Å²) < 4.78 is 23.3. The SMILES string of the molecule is CC1=C(C(=O)OC(C)C)C(c2ccccc2Cl)n2c(sc(=Cc3c(C)n(Cc4ccc(F)cc4)c4ccccc34)c2=O)=N1. The van der Waals surface area contributed by atoms with Gasteiger partial charge in [0, 0.05) is 33.7 Å². The van der Waals surface area contributed by atoms with Crippen LogP contribution in [0.5, 0.6) is 0 Å². The van der Waals surface area contributed by atoms with Gasteiger partial charge in [-0.25, -0.2) is 14.2 Å². The largest absolute Gasteiger partial charge is 0.459 e. The fourth-order valence-electron chi connectivity index (χ4n) is 5.60. The second kappa shape index (κ2) is 11.4. The third-order valence-corrected chi connectivity index (χ3v) is 8.92. The van der Waals surface area contributed by atoms with Crippen molar-refractivity contribution in [2.75, 3.05) is 0 Å². The molecule has 218 valence electrons. The Labute approximate surface area is 256 Å². The first-order chi connectivity index (χ1) is 20.6. The molecule has 0 spiro atoms. The minimum absolute atomic E-state index is 0.272. The maximum Gasteiger partial charge on any atom is 0.338 e. The Bertz CT molecular complexity index is 2110. The summed E-state index contributed by atoms with van der Waals surface area (Å²) in [5, 5.41) is 1.43. The number of thiazole rings is 1. The number of fused-ring (bicyclic) bond motifs is 2. The van der Waals surface area contributed by atoms with Gasteiger partial charge in [-0.05, 0) is 69.2 Å². The molecule has 6 nitrogen and oxygen atoms in total. The Balaban J connectivity index is 1.55. The van der Waals surface area contributed by atoms with Crippen LogP contribution in [-0.4, -0.2) is 21.2 Å². The molecule has 0 radical (unpaired) electrons. The molecule has 6 rings (SSSR count). The molecule has 3 aromatic carbocycles. The average molecular weight is 614 g/mol. The number of para-hydroxylation sites is 1. The van der Waals surface area contributed by atoms with Crippen molar-refractivity contribution in [1.29, 1.82) is 0 Å². The Hall–Kier alpha value is -4.27. The number of aromatic nitrogens is 2. The molecular weight excluding hydrogens is 585 g/mol. The molecule has 0 aliphatic carbocycles. The number of hydrogen-bond acceptors (Lipinski definition) is 5. The minimum Gasteiger partial charge on any atom is -0.459 e. The molecule has 43 heavy (non-hydrogen) atoms. The van der Waals surface area contributed by atoms with E-state index in [2.05, 4.69) is 4.57 Å². The van der Waals surface area contributed by atoms with Gasteiger partial charge in [0.1, 0.15) is 11.9 Å². The molecule has 3 heterocycles. The van der Waals surface area contributed by atoms with Crippen molar-refractivity contribution in [3.8, 4) is 0 Å². The second-order valence-electron chi connectivity index (χ2n) is 10.8. The Morgan fingerprint density at radius 1 is 1.07 bits per heavy atom. The molecule has 5 aromatic rings. The number of rotatable bonds is 6. The molecule has 1 aliphatic heterocycles. The van der Waals surface area contributed by atoms with Crippen molar-refractivity contribution < 1.29 is 13.9 Å². The lowest BCUT2D eigenvalue weighted by Gasteiger charge is -2.26. The Morgan fingerprint density at radius 2 is 1.77 bits per heavy atom. The second-order valence-corrected chi connectivity index (χ2v) is 12.2. The zero-order valence-electron chi connectivity index (χ0n) is 24.1. The van der Waals surface area contributed by atoms with Crippen molar-refractivity contribution in [1.82, 2.24) is 9.13 Å². The normalized spacial score (nSPS) is 15.2. The number of ether oxygens (including phenoxy) is 1. The van der Waals surface area contributed by atoms with Gasteiger partial charge < -0.3 is 9.30 Å². The van der Waals surface area contributed by atoms with Crippen LogP contribution < -0.4 is 14.9 Å². The summed E-state index contributed by atoms with van der Waals surface area (Å²) in [6.45, 7) is 7.88. The van der Waals surface area contributed by atoms with Crippen LogP contribution >= 0.6 is 22.9 Å². The van der Waals surface area contributed by atoms with Crippen LogP contribution in [0, 0.1) is 12.7 Å². The number of esters is 1. The van der Waals surface area contributed by atoms with E-state index < -0.39 is 12.0 Å². The first-order valence-electron chi connectivity index (χ1n) is 13.9. The van der Waals surface area contributed by atoms with Crippen molar-refractivity contribution in [3.05, 3.63) is 137 Å². The number of benzene rings is 3. The summed E-state index contributed by atoms with van der Waals surface area (Å²) in [6.07, 6.45) is 1.55. The Kier molecular flexibility index (Phi) is 7.66. The third kappa shape index (κ3) is 5.26. The summed E-state index contributed by atoms with van der Waals surface area (Å²) in [5.41, 5.74) is 4.96. The zero-order valence-corrected chi connectivity index (χ0v) is 25.7. The first-order valence-corrected chi connectivity index (χ1v) is 15.1. The number of carbonyl (C=O) groups excluding carboxylic acids is 1. The van der Waals surface area contributed by atoms with Gasteiger partial charge in [-0.15, -0.1) is 0 Å². The predicted octanol–water partition coefficient (Wildman–Crippen LogP) is 6.29. The fraction of sp³-hybridized carbons (Fsp3) is 0.206. The molecule has 0 fully saturated rings. The van der Waals surface area contributed by atoms with Gasteiger partial charge >= 0.3 is 5.97 Å². The quantitative estimate of drug-likeness (QED) is 0.211. The molecule has 0 N–H and O–H groups in total. The van der Waals surface area contributed by atoms with Gasteiger partial charge in [-0.3, -0.25) is 9.36 Å². The summed E-state index contributed by atoms with van der Waals surface area (Å²) in [4.78, 5) is 32.8. The van der Waals surface area contributed by atoms with Crippen LogP contribution in [0.25, 0.3) is 17.0 Å². The van der Waals surface area contributed by atoms with Gasteiger partial charge in [0.25, 0.3) is 5.56 Å². The number of halogens is 2. The summed E-state index contributed by atoms with van der Waals surface area (Å²) in [6, 6.07) is 20.9. The zero-order chi connectivity index (χ0) is 30.4. The predicted molar refractivity (Wildman–Crippen MR) is 169 cm³/mol. The van der Waals surface area contributed by atoms with E-state index in [9.17, 15) is 14.0 Å². The molecule has 1 atom stereocenters. The molecule has 0 saturated heterocycles. The highest BCUT2D eigenvalue weighted by Crippen LogP contribution is 2.35. The Morgan fingerprint density at radius 3 is 2.49 bits per heavy atom. The molecule has 1 unspecified atom stereocenters. The molecule has 0 amide bonds. The smallest absolute Gasteiger partial charge is 0.338 e. The molecule has 9 heteroatoms. The molecule has 0 saturated carbocycles. The minimum atomic E-state index is -0.792. The van der Waals surface area contributed by atoms with Crippen LogP contribution in [0.1, 0.15) is 49.2 Å². The fourth-order valence-corrected chi connectivity index (χ4v) is 6.87. The average Bonchev–Trinajstić information content (AvgIpc) is 3.42. The van der Waals surface area contributed by atoms with Crippen LogP contribution in [0.2, 0.25) is 5.02 Å². The van der Waals surface area contributed by atoms with Gasteiger partial charge in [0.05, 0.1) is 21.9 Å². The van der Waals surface area contributed by atoms with Crippen LogP contribution in [0.3, 0.4) is 0 Å². The van der Waals surface area contributed by atoms with Gasteiger partial charge in [0.15, 0.2) is 4.80 Å². The number of hydrogen-bond donors (Lipinski definition) is 0.